The number of carbonyl (C=O) groups is 1. The molecule has 0 bridgehead atoms. The molecule has 22 heavy (non-hydrogen) atoms. The molecule has 2 rings (SSSR count). The predicted octanol–water partition coefficient (Wildman–Crippen LogP) is 4.21. The normalized spacial score (nSPS) is 10.2. The van der Waals surface area contributed by atoms with Gasteiger partial charge in [0.15, 0.2) is 0 Å². The van der Waals surface area contributed by atoms with E-state index in [9.17, 15) is 4.79 Å². The van der Waals surface area contributed by atoms with Gasteiger partial charge >= 0.3 is 6.09 Å². The molecule has 0 saturated carbocycles. The number of rotatable bonds is 6. The maximum absolute atomic E-state index is 11.5. The maximum Gasteiger partial charge on any atom is 0.411 e. The monoisotopic (exact) mass is 298 g/mol. The van der Waals surface area contributed by atoms with Gasteiger partial charge in [-0.05, 0) is 48.2 Å². The Morgan fingerprint density at radius 3 is 2.23 bits per heavy atom. The van der Waals surface area contributed by atoms with Gasteiger partial charge in [-0.25, -0.2) is 4.79 Å². The van der Waals surface area contributed by atoms with Gasteiger partial charge < -0.3 is 10.5 Å². The summed E-state index contributed by atoms with van der Waals surface area (Å²) < 4.78 is 5.06. The number of nitrogens with one attached hydrogen (secondary N) is 1. The van der Waals surface area contributed by atoms with Crippen LogP contribution in [0.2, 0.25) is 0 Å². The second-order valence-corrected chi connectivity index (χ2v) is 5.23. The van der Waals surface area contributed by atoms with Gasteiger partial charge in [-0.3, -0.25) is 5.32 Å². The van der Waals surface area contributed by atoms with Gasteiger partial charge in [-0.1, -0.05) is 37.6 Å². The molecule has 116 valence electrons. The first-order valence-corrected chi connectivity index (χ1v) is 7.54. The molecular weight excluding hydrogens is 276 g/mol. The second-order valence-electron chi connectivity index (χ2n) is 5.23. The molecule has 0 unspecified atom stereocenters. The van der Waals surface area contributed by atoms with Crippen molar-refractivity contribution < 1.29 is 9.53 Å². The molecule has 0 radical (unpaired) electrons. The van der Waals surface area contributed by atoms with Gasteiger partial charge in [0.25, 0.3) is 0 Å². The fourth-order valence-electron chi connectivity index (χ4n) is 2.04. The van der Waals surface area contributed by atoms with E-state index in [0.717, 1.165) is 30.6 Å². The minimum absolute atomic E-state index is 0.403. The summed E-state index contributed by atoms with van der Waals surface area (Å²) in [6.07, 6.45) is 2.32. The van der Waals surface area contributed by atoms with Crippen LogP contribution in [0.1, 0.15) is 30.9 Å². The number of carbonyl (C=O) groups excluding carboxylic acids is 1. The number of nitrogen functional groups attached to an aromatic ring is 1. The number of unbranched alkanes of at least 4 members (excludes halogenated alkanes) is 1. The molecule has 1 amide bonds. The molecule has 0 saturated heterocycles. The number of nitrogens with two attached hydrogens (primary N) is 1. The molecule has 0 heterocycles. The van der Waals surface area contributed by atoms with Crippen LogP contribution >= 0.6 is 0 Å². The molecule has 3 N–H and O–H groups in total. The largest absolute Gasteiger partial charge is 0.449 e. The van der Waals surface area contributed by atoms with E-state index in [0.29, 0.717) is 6.61 Å². The molecule has 0 fully saturated rings. The molecule has 0 aromatic heterocycles. The standard InChI is InChI=1S/C18H22N2O2/c1-2-3-12-22-18(21)20-17-10-6-15(7-11-17)13-14-4-8-16(19)9-5-14/h4-11H,2-3,12-13,19H2,1H3,(H,20,21). The second kappa shape index (κ2) is 8.08. The number of benzene rings is 2. The number of ether oxygens (including phenoxy) is 1. The zero-order chi connectivity index (χ0) is 15.8. The van der Waals surface area contributed by atoms with Crippen molar-refractivity contribution in [3.05, 3.63) is 59.7 Å². The number of hydrogen-bond acceptors (Lipinski definition) is 3. The first-order chi connectivity index (χ1) is 10.7. The lowest BCUT2D eigenvalue weighted by atomic mass is 10.0. The highest BCUT2D eigenvalue weighted by Crippen LogP contribution is 2.15. The quantitative estimate of drug-likeness (QED) is 0.620. The van der Waals surface area contributed by atoms with Gasteiger partial charge in [0, 0.05) is 11.4 Å². The first kappa shape index (κ1) is 15.9. The van der Waals surface area contributed by atoms with E-state index in [1.807, 2.05) is 48.5 Å². The van der Waals surface area contributed by atoms with E-state index in [4.69, 9.17) is 10.5 Å². The predicted molar refractivity (Wildman–Crippen MR) is 90.0 cm³/mol. The summed E-state index contributed by atoms with van der Waals surface area (Å²) in [7, 11) is 0. The van der Waals surface area contributed by atoms with Crippen LogP contribution in [-0.2, 0) is 11.2 Å². The van der Waals surface area contributed by atoms with E-state index < -0.39 is 6.09 Å². The van der Waals surface area contributed by atoms with Crippen LogP contribution in [0.4, 0.5) is 16.2 Å². The van der Waals surface area contributed by atoms with Crippen LogP contribution in [0, 0.1) is 0 Å². The maximum atomic E-state index is 11.5. The molecule has 0 spiro atoms. The average Bonchev–Trinajstić information content (AvgIpc) is 2.52. The van der Waals surface area contributed by atoms with Crippen LogP contribution in [-0.4, -0.2) is 12.7 Å². The minimum Gasteiger partial charge on any atom is -0.449 e. The smallest absolute Gasteiger partial charge is 0.411 e. The number of hydrogen-bond donors (Lipinski definition) is 2. The third kappa shape index (κ3) is 5.13. The minimum atomic E-state index is -0.403. The van der Waals surface area contributed by atoms with Gasteiger partial charge in [-0.2, -0.15) is 0 Å². The van der Waals surface area contributed by atoms with Crippen molar-refractivity contribution in [3.8, 4) is 0 Å². The fraction of sp³-hybridized carbons (Fsp3) is 0.278. The van der Waals surface area contributed by atoms with Crippen molar-refractivity contribution in [3.63, 3.8) is 0 Å². The average molecular weight is 298 g/mol. The molecule has 0 atom stereocenters. The van der Waals surface area contributed by atoms with Crippen LogP contribution in [0.25, 0.3) is 0 Å². The molecular formula is C18H22N2O2. The van der Waals surface area contributed by atoms with Crippen molar-refractivity contribution in [2.45, 2.75) is 26.2 Å². The summed E-state index contributed by atoms with van der Waals surface area (Å²) in [5.41, 5.74) is 9.56. The topological polar surface area (TPSA) is 64.3 Å². The Morgan fingerprint density at radius 1 is 1.05 bits per heavy atom. The molecule has 2 aromatic carbocycles. The highest BCUT2D eigenvalue weighted by atomic mass is 16.5. The van der Waals surface area contributed by atoms with Crippen molar-refractivity contribution in [1.82, 2.24) is 0 Å². The fourth-order valence-corrected chi connectivity index (χ4v) is 2.04. The molecule has 0 aliphatic heterocycles. The summed E-state index contributed by atoms with van der Waals surface area (Å²) in [5.74, 6) is 0. The first-order valence-electron chi connectivity index (χ1n) is 7.54. The zero-order valence-corrected chi connectivity index (χ0v) is 12.8. The van der Waals surface area contributed by atoms with Crippen LogP contribution in [0.3, 0.4) is 0 Å². The van der Waals surface area contributed by atoms with E-state index in [2.05, 4.69) is 12.2 Å². The molecule has 4 heteroatoms. The van der Waals surface area contributed by atoms with Crippen LogP contribution in [0.15, 0.2) is 48.5 Å². The highest BCUT2D eigenvalue weighted by molar-refractivity contribution is 5.84. The molecule has 0 aliphatic rings. The Bertz CT molecular complexity index is 591. The summed E-state index contributed by atoms with van der Waals surface area (Å²) in [6, 6.07) is 15.6. The lowest BCUT2D eigenvalue weighted by Crippen LogP contribution is -2.14. The Labute approximate surface area is 131 Å². The van der Waals surface area contributed by atoms with Gasteiger partial charge in [0.05, 0.1) is 6.61 Å². The van der Waals surface area contributed by atoms with E-state index >= 15 is 0 Å². The van der Waals surface area contributed by atoms with E-state index in [-0.39, 0.29) is 0 Å². The summed E-state index contributed by atoms with van der Waals surface area (Å²) in [5, 5.41) is 2.72. The Hall–Kier alpha value is -2.49. The Balaban J connectivity index is 1.87. The van der Waals surface area contributed by atoms with Crippen molar-refractivity contribution >= 4 is 17.5 Å². The summed E-state index contributed by atoms with van der Waals surface area (Å²) in [4.78, 5) is 11.5. The van der Waals surface area contributed by atoms with Gasteiger partial charge in [0.2, 0.25) is 0 Å². The third-order valence-electron chi connectivity index (χ3n) is 3.32. The van der Waals surface area contributed by atoms with Crippen LogP contribution < -0.4 is 11.1 Å². The third-order valence-corrected chi connectivity index (χ3v) is 3.32. The Morgan fingerprint density at radius 2 is 1.64 bits per heavy atom. The van der Waals surface area contributed by atoms with Gasteiger partial charge in [-0.15, -0.1) is 0 Å². The number of amides is 1. The van der Waals surface area contributed by atoms with Crippen molar-refractivity contribution in [2.75, 3.05) is 17.7 Å². The molecule has 0 aliphatic carbocycles. The zero-order valence-electron chi connectivity index (χ0n) is 12.8. The highest BCUT2D eigenvalue weighted by Gasteiger charge is 2.03. The summed E-state index contributed by atoms with van der Waals surface area (Å²) >= 11 is 0. The van der Waals surface area contributed by atoms with Gasteiger partial charge in [0.1, 0.15) is 0 Å². The number of anilines is 2. The molecule has 4 nitrogen and oxygen atoms in total. The van der Waals surface area contributed by atoms with E-state index in [1.54, 1.807) is 0 Å². The SMILES string of the molecule is CCCCOC(=O)Nc1ccc(Cc2ccc(N)cc2)cc1. The lowest BCUT2D eigenvalue weighted by Gasteiger charge is -2.08. The van der Waals surface area contributed by atoms with Crippen molar-refractivity contribution in [2.24, 2.45) is 0 Å². The Kier molecular flexibility index (Phi) is 5.83. The van der Waals surface area contributed by atoms with Crippen molar-refractivity contribution in [1.29, 1.82) is 0 Å². The van der Waals surface area contributed by atoms with Crippen LogP contribution in [0.5, 0.6) is 0 Å². The lowest BCUT2D eigenvalue weighted by molar-refractivity contribution is 0.160. The van der Waals surface area contributed by atoms with E-state index in [1.165, 1.54) is 11.1 Å². The summed E-state index contributed by atoms with van der Waals surface area (Å²) in [6.45, 7) is 2.51. The molecule has 2 aromatic rings.